The highest BCUT2D eigenvalue weighted by atomic mass is 32.2. The van der Waals surface area contributed by atoms with E-state index in [-0.39, 0.29) is 10.6 Å². The number of anilines is 1. The van der Waals surface area contributed by atoms with Crippen LogP contribution in [0.25, 0.3) is 0 Å². The standard InChI is InChI=1S/C18H20F2N2O4S2/c1-13-5-6-15(28(25,26)22-9-3-2-4-10-22)12-18(13)21-27(23,24)14-7-8-16(19)17(20)11-14/h5-8,11-12,21H,2-4,9-10H2,1H3. The molecule has 0 aliphatic carbocycles. The van der Waals surface area contributed by atoms with E-state index in [1.54, 1.807) is 6.92 Å². The first-order valence-corrected chi connectivity index (χ1v) is 11.6. The summed E-state index contributed by atoms with van der Waals surface area (Å²) in [6, 6.07) is 6.39. The Morgan fingerprint density at radius 2 is 1.50 bits per heavy atom. The number of hydrogen-bond acceptors (Lipinski definition) is 4. The Balaban J connectivity index is 1.94. The minimum Gasteiger partial charge on any atom is -0.279 e. The number of halogens is 2. The third kappa shape index (κ3) is 4.18. The second-order valence-corrected chi connectivity index (χ2v) is 10.2. The molecular formula is C18H20F2N2O4S2. The van der Waals surface area contributed by atoms with Crippen molar-refractivity contribution in [3.63, 3.8) is 0 Å². The zero-order valence-corrected chi connectivity index (χ0v) is 16.8. The number of piperidine rings is 1. The number of rotatable bonds is 5. The molecule has 1 N–H and O–H groups in total. The van der Waals surface area contributed by atoms with Gasteiger partial charge in [-0.2, -0.15) is 4.31 Å². The van der Waals surface area contributed by atoms with Crippen molar-refractivity contribution in [1.82, 2.24) is 4.31 Å². The summed E-state index contributed by atoms with van der Waals surface area (Å²) in [4.78, 5) is -0.488. The Kier molecular flexibility index (Phi) is 5.74. The number of hydrogen-bond donors (Lipinski definition) is 1. The van der Waals surface area contributed by atoms with Crippen LogP contribution in [0, 0.1) is 18.6 Å². The fraction of sp³-hybridized carbons (Fsp3) is 0.333. The zero-order chi connectivity index (χ0) is 20.5. The summed E-state index contributed by atoms with van der Waals surface area (Å²) in [7, 11) is -7.97. The Morgan fingerprint density at radius 1 is 0.857 bits per heavy atom. The van der Waals surface area contributed by atoms with Crippen LogP contribution in [-0.4, -0.2) is 34.2 Å². The van der Waals surface area contributed by atoms with Gasteiger partial charge >= 0.3 is 0 Å². The molecule has 1 aliphatic heterocycles. The second kappa shape index (κ2) is 7.76. The van der Waals surface area contributed by atoms with Gasteiger partial charge in [0.15, 0.2) is 11.6 Å². The van der Waals surface area contributed by atoms with Crippen molar-refractivity contribution in [2.24, 2.45) is 0 Å². The minimum atomic E-state index is -4.23. The number of nitrogens with zero attached hydrogens (tertiary/aromatic N) is 1. The van der Waals surface area contributed by atoms with Crippen molar-refractivity contribution >= 4 is 25.7 Å². The molecule has 0 bridgehead atoms. The number of sulfonamides is 2. The maximum atomic E-state index is 13.4. The van der Waals surface area contributed by atoms with Crippen LogP contribution in [0.5, 0.6) is 0 Å². The van der Waals surface area contributed by atoms with Gasteiger partial charge < -0.3 is 0 Å². The van der Waals surface area contributed by atoms with E-state index in [1.165, 1.54) is 22.5 Å². The first-order valence-electron chi connectivity index (χ1n) is 8.70. The summed E-state index contributed by atoms with van der Waals surface area (Å²) < 4.78 is 80.8. The largest absolute Gasteiger partial charge is 0.279 e. The molecule has 0 unspecified atom stereocenters. The maximum absolute atomic E-state index is 13.4. The van der Waals surface area contributed by atoms with Gasteiger partial charge in [0.1, 0.15) is 0 Å². The maximum Gasteiger partial charge on any atom is 0.262 e. The Bertz CT molecular complexity index is 1100. The van der Waals surface area contributed by atoms with E-state index in [9.17, 15) is 25.6 Å². The molecule has 3 rings (SSSR count). The van der Waals surface area contributed by atoms with E-state index in [1.807, 2.05) is 0 Å². The van der Waals surface area contributed by atoms with Crippen molar-refractivity contribution < 1.29 is 25.6 Å². The lowest BCUT2D eigenvalue weighted by Gasteiger charge is -2.26. The molecule has 0 atom stereocenters. The van der Waals surface area contributed by atoms with E-state index in [0.717, 1.165) is 25.3 Å². The molecule has 0 saturated carbocycles. The van der Waals surface area contributed by atoms with Crippen molar-refractivity contribution in [2.45, 2.75) is 36.0 Å². The van der Waals surface area contributed by atoms with E-state index in [2.05, 4.69) is 4.72 Å². The van der Waals surface area contributed by atoms with Crippen LogP contribution in [-0.2, 0) is 20.0 Å². The van der Waals surface area contributed by atoms with Crippen molar-refractivity contribution in [3.8, 4) is 0 Å². The second-order valence-electron chi connectivity index (χ2n) is 6.62. The van der Waals surface area contributed by atoms with E-state index in [0.29, 0.717) is 30.8 Å². The molecule has 2 aromatic carbocycles. The van der Waals surface area contributed by atoms with Gasteiger partial charge in [-0.25, -0.2) is 25.6 Å². The monoisotopic (exact) mass is 430 g/mol. The van der Waals surface area contributed by atoms with Crippen molar-refractivity contribution in [3.05, 3.63) is 53.6 Å². The van der Waals surface area contributed by atoms with Crippen LogP contribution in [0.3, 0.4) is 0 Å². The molecule has 10 heteroatoms. The number of aryl methyl sites for hydroxylation is 1. The number of benzene rings is 2. The molecule has 152 valence electrons. The summed E-state index contributed by atoms with van der Waals surface area (Å²) in [6.45, 7) is 2.46. The van der Waals surface area contributed by atoms with E-state index >= 15 is 0 Å². The Morgan fingerprint density at radius 3 is 2.14 bits per heavy atom. The third-order valence-electron chi connectivity index (χ3n) is 4.61. The first-order chi connectivity index (χ1) is 13.1. The van der Waals surface area contributed by atoms with Crippen LogP contribution in [0.2, 0.25) is 0 Å². The normalized spacial score (nSPS) is 16.1. The summed E-state index contributed by atoms with van der Waals surface area (Å²) >= 11 is 0. The van der Waals surface area contributed by atoms with Crippen LogP contribution in [0.4, 0.5) is 14.5 Å². The molecule has 1 aliphatic rings. The molecule has 1 fully saturated rings. The van der Waals surface area contributed by atoms with E-state index in [4.69, 9.17) is 0 Å². The third-order valence-corrected chi connectivity index (χ3v) is 7.87. The smallest absolute Gasteiger partial charge is 0.262 e. The van der Waals surface area contributed by atoms with Gasteiger partial charge in [0.05, 0.1) is 15.5 Å². The quantitative estimate of drug-likeness (QED) is 0.789. The van der Waals surface area contributed by atoms with Crippen molar-refractivity contribution in [1.29, 1.82) is 0 Å². The van der Waals surface area contributed by atoms with Crippen LogP contribution >= 0.6 is 0 Å². The van der Waals surface area contributed by atoms with E-state index < -0.39 is 36.6 Å². The van der Waals surface area contributed by atoms with Gasteiger partial charge in [0.2, 0.25) is 10.0 Å². The molecule has 2 aromatic rings. The lowest BCUT2D eigenvalue weighted by atomic mass is 10.2. The van der Waals surface area contributed by atoms with Gasteiger partial charge in [-0.1, -0.05) is 12.5 Å². The van der Waals surface area contributed by atoms with Gasteiger partial charge in [-0.3, -0.25) is 4.72 Å². The topological polar surface area (TPSA) is 83.6 Å². The predicted octanol–water partition coefficient (Wildman–Crippen LogP) is 3.25. The fourth-order valence-electron chi connectivity index (χ4n) is 2.97. The zero-order valence-electron chi connectivity index (χ0n) is 15.2. The molecule has 1 saturated heterocycles. The van der Waals surface area contributed by atoms with Crippen molar-refractivity contribution in [2.75, 3.05) is 17.8 Å². The van der Waals surface area contributed by atoms with Crippen LogP contribution in [0.15, 0.2) is 46.2 Å². The summed E-state index contributed by atoms with van der Waals surface area (Å²) in [5, 5.41) is 0. The predicted molar refractivity (Wildman–Crippen MR) is 101 cm³/mol. The molecule has 0 spiro atoms. The first kappa shape index (κ1) is 20.7. The number of nitrogens with one attached hydrogen (secondary N) is 1. The van der Waals surface area contributed by atoms with Gasteiger partial charge in [-0.15, -0.1) is 0 Å². The molecule has 0 amide bonds. The lowest BCUT2D eigenvalue weighted by Crippen LogP contribution is -2.35. The summed E-state index contributed by atoms with van der Waals surface area (Å²) in [6.07, 6.45) is 2.53. The molecule has 0 radical (unpaired) electrons. The highest BCUT2D eigenvalue weighted by Gasteiger charge is 2.27. The van der Waals surface area contributed by atoms with Crippen LogP contribution < -0.4 is 4.72 Å². The highest BCUT2D eigenvalue weighted by Crippen LogP contribution is 2.27. The minimum absolute atomic E-state index is 0.0250. The van der Waals surface area contributed by atoms with Gasteiger partial charge in [0, 0.05) is 13.1 Å². The lowest BCUT2D eigenvalue weighted by molar-refractivity contribution is 0.346. The molecular weight excluding hydrogens is 410 g/mol. The summed E-state index contributed by atoms with van der Waals surface area (Å²) in [5.41, 5.74) is 0.548. The molecule has 0 aromatic heterocycles. The van der Waals surface area contributed by atoms with Crippen LogP contribution in [0.1, 0.15) is 24.8 Å². The SMILES string of the molecule is Cc1ccc(S(=O)(=O)N2CCCCC2)cc1NS(=O)(=O)c1ccc(F)c(F)c1. The molecule has 28 heavy (non-hydrogen) atoms. The Hall–Kier alpha value is -2.04. The van der Waals surface area contributed by atoms with Gasteiger partial charge in [0.25, 0.3) is 10.0 Å². The average Bonchev–Trinajstić information content (AvgIpc) is 2.66. The molecule has 6 nitrogen and oxygen atoms in total. The fourth-order valence-corrected chi connectivity index (χ4v) is 5.65. The Labute approximate surface area is 163 Å². The summed E-state index contributed by atoms with van der Waals surface area (Å²) in [5.74, 6) is -2.45. The highest BCUT2D eigenvalue weighted by molar-refractivity contribution is 7.92. The average molecular weight is 430 g/mol. The molecule has 1 heterocycles. The van der Waals surface area contributed by atoms with Gasteiger partial charge in [-0.05, 0) is 55.7 Å².